The highest BCUT2D eigenvalue weighted by molar-refractivity contribution is 7.92. The highest BCUT2D eigenvalue weighted by Gasteiger charge is 2.29. The van der Waals surface area contributed by atoms with E-state index < -0.39 is 10.0 Å². The lowest BCUT2D eigenvalue weighted by Gasteiger charge is -2.28. The predicted molar refractivity (Wildman–Crippen MR) is 105 cm³/mol. The van der Waals surface area contributed by atoms with Crippen molar-refractivity contribution in [3.8, 4) is 0 Å². The van der Waals surface area contributed by atoms with Crippen LogP contribution < -0.4 is 4.31 Å². The topological polar surface area (TPSA) is 57.7 Å². The Bertz CT molecular complexity index is 831. The quantitative estimate of drug-likeness (QED) is 0.712. The molecule has 0 radical (unpaired) electrons. The lowest BCUT2D eigenvalue weighted by atomic mass is 10.1. The second-order valence-corrected chi connectivity index (χ2v) is 7.74. The van der Waals surface area contributed by atoms with Gasteiger partial charge < -0.3 is 4.90 Å². The van der Waals surface area contributed by atoms with Crippen molar-refractivity contribution in [1.82, 2.24) is 4.90 Å². The van der Waals surface area contributed by atoms with Gasteiger partial charge in [-0.3, -0.25) is 9.10 Å². The van der Waals surface area contributed by atoms with Crippen molar-refractivity contribution in [2.45, 2.75) is 32.1 Å². The monoisotopic (exact) mass is 374 g/mol. The van der Waals surface area contributed by atoms with Gasteiger partial charge in [0.15, 0.2) is 0 Å². The molecule has 2 aromatic carbocycles. The van der Waals surface area contributed by atoms with Crippen LogP contribution in [0.25, 0.3) is 0 Å². The molecular formula is C20H26N2O3S. The van der Waals surface area contributed by atoms with Crippen LogP contribution in [-0.4, -0.2) is 38.9 Å². The number of para-hydroxylation sites is 1. The number of anilines is 1. The molecule has 26 heavy (non-hydrogen) atoms. The van der Waals surface area contributed by atoms with Gasteiger partial charge in [0.25, 0.3) is 10.0 Å². The average Bonchev–Trinajstić information content (AvgIpc) is 2.67. The van der Waals surface area contributed by atoms with Crippen molar-refractivity contribution in [1.29, 1.82) is 0 Å². The fourth-order valence-corrected chi connectivity index (χ4v) is 4.34. The molecule has 0 bridgehead atoms. The lowest BCUT2D eigenvalue weighted by molar-refractivity contribution is -0.129. The van der Waals surface area contributed by atoms with Crippen LogP contribution >= 0.6 is 0 Å². The van der Waals surface area contributed by atoms with E-state index in [2.05, 4.69) is 0 Å². The summed E-state index contributed by atoms with van der Waals surface area (Å²) in [6, 6.07) is 15.6. The first-order valence-electron chi connectivity index (χ1n) is 8.89. The maximum Gasteiger partial charge on any atom is 0.264 e. The summed E-state index contributed by atoms with van der Waals surface area (Å²) in [7, 11) is -3.85. The minimum absolute atomic E-state index is 0.179. The van der Waals surface area contributed by atoms with Crippen molar-refractivity contribution < 1.29 is 13.2 Å². The van der Waals surface area contributed by atoms with Crippen LogP contribution in [0.5, 0.6) is 0 Å². The molecule has 0 heterocycles. The van der Waals surface area contributed by atoms with E-state index in [1.54, 1.807) is 47.4 Å². The van der Waals surface area contributed by atoms with Crippen LogP contribution in [0.3, 0.4) is 0 Å². The SMILES string of the molecule is CCc1ccccc1N(CC(=O)N(CC)CC)S(=O)(=O)c1ccccc1. The molecule has 2 rings (SSSR count). The summed E-state index contributed by atoms with van der Waals surface area (Å²) >= 11 is 0. The molecule has 140 valence electrons. The van der Waals surface area contributed by atoms with Crippen LogP contribution in [0, 0.1) is 0 Å². The first-order valence-corrected chi connectivity index (χ1v) is 10.3. The Morgan fingerprint density at radius 3 is 2.04 bits per heavy atom. The molecule has 0 fully saturated rings. The summed E-state index contributed by atoms with van der Waals surface area (Å²) in [5.41, 5.74) is 1.44. The number of sulfonamides is 1. The van der Waals surface area contributed by atoms with Crippen molar-refractivity contribution in [3.05, 3.63) is 60.2 Å². The minimum atomic E-state index is -3.85. The van der Waals surface area contributed by atoms with Gasteiger partial charge in [-0.15, -0.1) is 0 Å². The molecule has 0 aromatic heterocycles. The highest BCUT2D eigenvalue weighted by atomic mass is 32.2. The van der Waals surface area contributed by atoms with Crippen LogP contribution in [0.1, 0.15) is 26.3 Å². The first-order chi connectivity index (χ1) is 12.5. The third-order valence-electron chi connectivity index (χ3n) is 4.37. The van der Waals surface area contributed by atoms with Gasteiger partial charge >= 0.3 is 0 Å². The largest absolute Gasteiger partial charge is 0.342 e. The molecule has 0 unspecified atom stereocenters. The lowest BCUT2D eigenvalue weighted by Crippen LogP contribution is -2.43. The zero-order valence-corrected chi connectivity index (χ0v) is 16.4. The van der Waals surface area contributed by atoms with Crippen molar-refractivity contribution in [3.63, 3.8) is 0 Å². The summed E-state index contributed by atoms with van der Waals surface area (Å²) in [5.74, 6) is -0.208. The number of rotatable bonds is 8. The van der Waals surface area contributed by atoms with Crippen molar-refractivity contribution in [2.75, 3.05) is 23.9 Å². The zero-order valence-electron chi connectivity index (χ0n) is 15.6. The summed E-state index contributed by atoms with van der Waals surface area (Å²) in [6.07, 6.45) is 0.677. The van der Waals surface area contributed by atoms with Gasteiger partial charge in [0.1, 0.15) is 6.54 Å². The molecule has 0 aliphatic heterocycles. The average molecular weight is 375 g/mol. The Morgan fingerprint density at radius 2 is 1.46 bits per heavy atom. The number of amides is 1. The maximum absolute atomic E-state index is 13.3. The number of nitrogens with zero attached hydrogens (tertiary/aromatic N) is 2. The normalized spacial score (nSPS) is 11.2. The Balaban J connectivity index is 2.54. The second-order valence-electron chi connectivity index (χ2n) is 5.87. The molecule has 0 atom stereocenters. The Kier molecular flexibility index (Phi) is 6.80. The molecule has 0 spiro atoms. The van der Waals surface area contributed by atoms with Gasteiger partial charge in [-0.2, -0.15) is 0 Å². The minimum Gasteiger partial charge on any atom is -0.342 e. The number of hydrogen-bond acceptors (Lipinski definition) is 3. The van der Waals surface area contributed by atoms with Gasteiger partial charge in [0.2, 0.25) is 5.91 Å². The number of hydrogen-bond donors (Lipinski definition) is 0. The van der Waals surface area contributed by atoms with E-state index in [0.717, 1.165) is 5.56 Å². The molecule has 0 aliphatic rings. The van der Waals surface area contributed by atoms with Crippen LogP contribution in [0.2, 0.25) is 0 Å². The molecule has 6 heteroatoms. The van der Waals surface area contributed by atoms with Crippen LogP contribution in [0.15, 0.2) is 59.5 Å². The number of benzene rings is 2. The Hall–Kier alpha value is -2.34. The number of likely N-dealkylation sites (N-methyl/N-ethyl adjacent to an activating group) is 1. The molecule has 0 aliphatic carbocycles. The fourth-order valence-electron chi connectivity index (χ4n) is 2.87. The maximum atomic E-state index is 13.3. The van der Waals surface area contributed by atoms with E-state index in [0.29, 0.717) is 25.2 Å². The summed E-state index contributed by atoms with van der Waals surface area (Å²) in [5, 5.41) is 0. The van der Waals surface area contributed by atoms with Gasteiger partial charge in [0.05, 0.1) is 10.6 Å². The van der Waals surface area contributed by atoms with Crippen molar-refractivity contribution >= 4 is 21.6 Å². The standard InChI is InChI=1S/C20H26N2O3S/c1-4-17-12-10-11-15-19(17)22(16-20(23)21(5-2)6-3)26(24,25)18-13-8-7-9-14-18/h7-15H,4-6,16H2,1-3H3. The summed E-state index contributed by atoms with van der Waals surface area (Å²) in [6.45, 7) is 6.62. The Morgan fingerprint density at radius 1 is 0.885 bits per heavy atom. The third-order valence-corrected chi connectivity index (χ3v) is 6.14. The molecule has 1 amide bonds. The molecule has 2 aromatic rings. The molecule has 0 saturated carbocycles. The first kappa shape index (κ1) is 20.0. The zero-order chi connectivity index (χ0) is 19.2. The summed E-state index contributed by atoms with van der Waals surface area (Å²) < 4.78 is 27.8. The van der Waals surface area contributed by atoms with E-state index in [9.17, 15) is 13.2 Å². The number of aryl methyl sites for hydroxylation is 1. The second kappa shape index (κ2) is 8.85. The van der Waals surface area contributed by atoms with Gasteiger partial charge in [0, 0.05) is 13.1 Å². The van der Waals surface area contributed by atoms with Crippen molar-refractivity contribution in [2.24, 2.45) is 0 Å². The molecular weight excluding hydrogens is 348 g/mol. The van der Waals surface area contributed by atoms with E-state index in [-0.39, 0.29) is 17.3 Å². The third kappa shape index (κ3) is 4.25. The van der Waals surface area contributed by atoms with E-state index in [1.165, 1.54) is 4.31 Å². The van der Waals surface area contributed by atoms with Crippen LogP contribution in [0.4, 0.5) is 5.69 Å². The van der Waals surface area contributed by atoms with E-state index in [4.69, 9.17) is 0 Å². The van der Waals surface area contributed by atoms with Gasteiger partial charge in [-0.05, 0) is 44.0 Å². The smallest absolute Gasteiger partial charge is 0.264 e. The molecule has 0 saturated heterocycles. The predicted octanol–water partition coefficient (Wildman–Crippen LogP) is 3.31. The molecule has 0 N–H and O–H groups in total. The van der Waals surface area contributed by atoms with Gasteiger partial charge in [-0.1, -0.05) is 43.3 Å². The van der Waals surface area contributed by atoms with Crippen LogP contribution in [-0.2, 0) is 21.2 Å². The van der Waals surface area contributed by atoms with E-state index in [1.807, 2.05) is 32.9 Å². The number of carbonyl (C=O) groups is 1. The highest BCUT2D eigenvalue weighted by Crippen LogP contribution is 2.27. The Labute approximate surface area is 156 Å². The summed E-state index contributed by atoms with van der Waals surface area (Å²) in [4.78, 5) is 14.5. The molecule has 5 nitrogen and oxygen atoms in total. The van der Waals surface area contributed by atoms with Gasteiger partial charge in [-0.25, -0.2) is 8.42 Å². The number of carbonyl (C=O) groups excluding carboxylic acids is 1. The fraction of sp³-hybridized carbons (Fsp3) is 0.350. The van der Waals surface area contributed by atoms with E-state index >= 15 is 0 Å².